The molecule has 1 aliphatic heterocycles. The van der Waals surface area contributed by atoms with Crippen molar-refractivity contribution in [3.63, 3.8) is 0 Å². The highest BCUT2D eigenvalue weighted by molar-refractivity contribution is 9.10. The maximum Gasteiger partial charge on any atom is 0.407 e. The minimum Gasteiger partial charge on any atom is -0.444 e. The molecule has 1 amide bonds. The Balaban J connectivity index is 2.05. The Morgan fingerprint density at radius 3 is 2.70 bits per heavy atom. The number of benzene rings is 1. The number of hydrogen-bond donors (Lipinski definition) is 2. The van der Waals surface area contributed by atoms with Crippen LogP contribution in [0, 0.1) is 0 Å². The number of rotatable bonds is 2. The molecule has 1 aromatic rings. The third kappa shape index (κ3) is 3.96. The molecule has 0 bridgehead atoms. The minimum atomic E-state index is -0.473. The smallest absolute Gasteiger partial charge is 0.407 e. The first-order chi connectivity index (χ1) is 9.37. The monoisotopic (exact) mass is 340 g/mol. The molecule has 20 heavy (non-hydrogen) atoms. The zero-order valence-corrected chi connectivity index (χ0v) is 13.7. The zero-order chi connectivity index (χ0) is 14.8. The fourth-order valence-electron chi connectivity index (χ4n) is 2.39. The highest BCUT2D eigenvalue weighted by Gasteiger charge is 2.32. The molecule has 2 N–H and O–H groups in total. The van der Waals surface area contributed by atoms with Crippen molar-refractivity contribution < 1.29 is 9.53 Å². The first-order valence-electron chi connectivity index (χ1n) is 6.81. The lowest BCUT2D eigenvalue weighted by Gasteiger charge is -2.24. The number of ether oxygens (including phenoxy) is 1. The third-order valence-electron chi connectivity index (χ3n) is 3.22. The van der Waals surface area contributed by atoms with E-state index in [2.05, 4.69) is 32.6 Å². The van der Waals surface area contributed by atoms with E-state index in [1.165, 1.54) is 5.56 Å². The van der Waals surface area contributed by atoms with Crippen LogP contribution in [0.25, 0.3) is 0 Å². The van der Waals surface area contributed by atoms with Gasteiger partial charge >= 0.3 is 6.09 Å². The van der Waals surface area contributed by atoms with Crippen molar-refractivity contribution in [3.05, 3.63) is 34.3 Å². The molecule has 2 atom stereocenters. The SMILES string of the molecule is CC(C)(C)OC(=O)N[C@@H]1CNC[C@H]1c1ccccc1Br. The number of halogens is 1. The summed E-state index contributed by atoms with van der Waals surface area (Å²) in [5.74, 6) is 0.248. The Morgan fingerprint density at radius 1 is 1.35 bits per heavy atom. The lowest BCUT2D eigenvalue weighted by Crippen LogP contribution is -2.42. The quantitative estimate of drug-likeness (QED) is 0.869. The van der Waals surface area contributed by atoms with E-state index in [1.54, 1.807) is 0 Å². The second-order valence-electron chi connectivity index (χ2n) is 6.04. The van der Waals surface area contributed by atoms with Crippen molar-refractivity contribution in [1.29, 1.82) is 0 Å². The van der Waals surface area contributed by atoms with Gasteiger partial charge in [0.05, 0.1) is 6.04 Å². The summed E-state index contributed by atoms with van der Waals surface area (Å²) in [5.41, 5.74) is 0.734. The van der Waals surface area contributed by atoms with Gasteiger partial charge in [-0.25, -0.2) is 4.79 Å². The summed E-state index contributed by atoms with van der Waals surface area (Å²) in [6.07, 6.45) is -0.358. The molecule has 1 saturated heterocycles. The molecular weight excluding hydrogens is 320 g/mol. The molecule has 0 spiro atoms. The van der Waals surface area contributed by atoms with Gasteiger partial charge in [0.15, 0.2) is 0 Å². The van der Waals surface area contributed by atoms with Crippen molar-refractivity contribution >= 4 is 22.0 Å². The second-order valence-corrected chi connectivity index (χ2v) is 6.89. The van der Waals surface area contributed by atoms with Gasteiger partial charge < -0.3 is 15.4 Å². The Morgan fingerprint density at radius 2 is 2.05 bits per heavy atom. The van der Waals surface area contributed by atoms with Crippen molar-refractivity contribution in [1.82, 2.24) is 10.6 Å². The number of carbonyl (C=O) groups excluding carboxylic acids is 1. The van der Waals surface area contributed by atoms with Gasteiger partial charge in [0, 0.05) is 23.5 Å². The van der Waals surface area contributed by atoms with Crippen LogP contribution in [0.15, 0.2) is 28.7 Å². The van der Waals surface area contributed by atoms with Gasteiger partial charge in [0.1, 0.15) is 5.60 Å². The molecule has 0 saturated carbocycles. The lowest BCUT2D eigenvalue weighted by molar-refractivity contribution is 0.0504. The molecule has 0 aliphatic carbocycles. The highest BCUT2D eigenvalue weighted by Crippen LogP contribution is 2.29. The lowest BCUT2D eigenvalue weighted by atomic mass is 9.94. The van der Waals surface area contributed by atoms with Crippen LogP contribution in [0.3, 0.4) is 0 Å². The summed E-state index contributed by atoms with van der Waals surface area (Å²) in [6.45, 7) is 7.20. The fraction of sp³-hybridized carbons (Fsp3) is 0.533. The summed E-state index contributed by atoms with van der Waals surface area (Å²) < 4.78 is 6.40. The van der Waals surface area contributed by atoms with Crippen LogP contribution in [-0.2, 0) is 4.74 Å². The number of carbonyl (C=O) groups is 1. The number of alkyl carbamates (subject to hydrolysis) is 1. The molecule has 5 heteroatoms. The van der Waals surface area contributed by atoms with Gasteiger partial charge in [0.2, 0.25) is 0 Å². The molecule has 1 heterocycles. The normalized spacial score (nSPS) is 22.6. The average Bonchev–Trinajstić information content (AvgIpc) is 2.75. The van der Waals surface area contributed by atoms with Crippen molar-refractivity contribution in [2.45, 2.75) is 38.3 Å². The summed E-state index contributed by atoms with van der Waals surface area (Å²) >= 11 is 3.58. The molecule has 0 aromatic heterocycles. The van der Waals surface area contributed by atoms with E-state index in [-0.39, 0.29) is 18.1 Å². The second kappa shape index (κ2) is 6.14. The van der Waals surface area contributed by atoms with Crippen molar-refractivity contribution in [2.24, 2.45) is 0 Å². The fourth-order valence-corrected chi connectivity index (χ4v) is 2.97. The van der Waals surface area contributed by atoms with Crippen LogP contribution in [0.2, 0.25) is 0 Å². The van der Waals surface area contributed by atoms with Crippen molar-refractivity contribution in [3.8, 4) is 0 Å². The van der Waals surface area contributed by atoms with Crippen LogP contribution in [0.1, 0.15) is 32.3 Å². The molecular formula is C15H21BrN2O2. The van der Waals surface area contributed by atoms with E-state index < -0.39 is 5.60 Å². The predicted octanol–water partition coefficient (Wildman–Crippen LogP) is 3.03. The molecule has 4 nitrogen and oxygen atoms in total. The molecule has 0 radical (unpaired) electrons. The van der Waals surface area contributed by atoms with Crippen LogP contribution < -0.4 is 10.6 Å². The van der Waals surface area contributed by atoms with Crippen LogP contribution in [0.4, 0.5) is 4.79 Å². The largest absolute Gasteiger partial charge is 0.444 e. The van der Waals surface area contributed by atoms with Crippen LogP contribution in [-0.4, -0.2) is 30.8 Å². The first-order valence-corrected chi connectivity index (χ1v) is 7.61. The molecule has 0 unspecified atom stereocenters. The Labute approximate surface area is 128 Å². The van der Waals surface area contributed by atoms with Crippen molar-refractivity contribution in [2.75, 3.05) is 13.1 Å². The van der Waals surface area contributed by atoms with Gasteiger partial charge in [0.25, 0.3) is 0 Å². The number of amides is 1. The Kier molecular flexibility index (Phi) is 4.70. The highest BCUT2D eigenvalue weighted by atomic mass is 79.9. The summed E-state index contributed by atoms with van der Waals surface area (Å²) in [7, 11) is 0. The maximum absolute atomic E-state index is 11.9. The van der Waals surface area contributed by atoms with E-state index in [0.29, 0.717) is 0 Å². The molecule has 110 valence electrons. The minimum absolute atomic E-state index is 0.0450. The average molecular weight is 341 g/mol. The van der Waals surface area contributed by atoms with E-state index in [1.807, 2.05) is 39.0 Å². The number of nitrogens with one attached hydrogen (secondary N) is 2. The molecule has 1 aliphatic rings. The summed E-state index contributed by atoms with van der Waals surface area (Å²) in [4.78, 5) is 11.9. The first kappa shape index (κ1) is 15.3. The topological polar surface area (TPSA) is 50.4 Å². The standard InChI is InChI=1S/C15H21BrN2O2/c1-15(2,3)20-14(19)18-13-9-17-8-11(13)10-6-4-5-7-12(10)16/h4-7,11,13,17H,8-9H2,1-3H3,(H,18,19)/t11-,13+/m0/s1. The number of hydrogen-bond acceptors (Lipinski definition) is 3. The van der Waals surface area contributed by atoms with E-state index in [0.717, 1.165) is 17.6 Å². The summed E-state index contributed by atoms with van der Waals surface area (Å²) in [6, 6.07) is 8.17. The molecule has 1 fully saturated rings. The van der Waals surface area contributed by atoms with Gasteiger partial charge in [-0.1, -0.05) is 34.1 Å². The third-order valence-corrected chi connectivity index (χ3v) is 3.94. The zero-order valence-electron chi connectivity index (χ0n) is 12.1. The maximum atomic E-state index is 11.9. The molecule has 1 aromatic carbocycles. The van der Waals surface area contributed by atoms with Gasteiger partial charge in [-0.15, -0.1) is 0 Å². The van der Waals surface area contributed by atoms with Gasteiger partial charge in [-0.05, 0) is 32.4 Å². The van der Waals surface area contributed by atoms with Gasteiger partial charge in [-0.3, -0.25) is 0 Å². The van der Waals surface area contributed by atoms with Crippen LogP contribution in [0.5, 0.6) is 0 Å². The van der Waals surface area contributed by atoms with E-state index in [9.17, 15) is 4.79 Å². The van der Waals surface area contributed by atoms with E-state index in [4.69, 9.17) is 4.74 Å². The predicted molar refractivity (Wildman–Crippen MR) is 82.9 cm³/mol. The molecule has 2 rings (SSSR count). The summed E-state index contributed by atoms with van der Waals surface area (Å²) in [5, 5.41) is 6.29. The van der Waals surface area contributed by atoms with E-state index >= 15 is 0 Å². The Hall–Kier alpha value is -1.07. The Bertz CT molecular complexity index is 485. The van der Waals surface area contributed by atoms with Gasteiger partial charge in [-0.2, -0.15) is 0 Å². The van der Waals surface area contributed by atoms with Crippen LogP contribution >= 0.6 is 15.9 Å².